The van der Waals surface area contributed by atoms with Gasteiger partial charge in [-0.3, -0.25) is 20.2 Å². The lowest BCUT2D eigenvalue weighted by atomic mass is 10.0. The van der Waals surface area contributed by atoms with E-state index < -0.39 is 30.4 Å². The Morgan fingerprint density at radius 3 is 2.73 bits per heavy atom. The van der Waals surface area contributed by atoms with Gasteiger partial charge in [0.15, 0.2) is 6.35 Å². The summed E-state index contributed by atoms with van der Waals surface area (Å²) < 4.78 is 11.9. The van der Waals surface area contributed by atoms with Gasteiger partial charge in [0.05, 0.1) is 25.6 Å². The van der Waals surface area contributed by atoms with E-state index >= 15 is 0 Å². The highest BCUT2D eigenvalue weighted by Crippen LogP contribution is 2.16. The van der Waals surface area contributed by atoms with E-state index in [4.69, 9.17) is 9.47 Å². The van der Waals surface area contributed by atoms with Gasteiger partial charge in [-0.25, -0.2) is 15.8 Å². The molecule has 2 aliphatic heterocycles. The standard InChI is InChI=1S/C15H25N7O4/c1-25-14(24)12-10(7-17-15(19-12)26-2)18-13(23)9-3-4-11(21-20-9)22-6-5-16-8-22/h5-6,8-12,15,17,19-21H,3-4,7H2,1-2H3,(H,18,23). The number of aromatic nitrogens is 2. The number of carbonyl (C=O) groups excluding carboxylic acids is 2. The highest BCUT2D eigenvalue weighted by atomic mass is 16.5. The predicted molar refractivity (Wildman–Crippen MR) is 90.2 cm³/mol. The minimum absolute atomic E-state index is 0.0462. The summed E-state index contributed by atoms with van der Waals surface area (Å²) in [6.45, 7) is 0.384. The van der Waals surface area contributed by atoms with E-state index in [9.17, 15) is 9.59 Å². The summed E-state index contributed by atoms with van der Waals surface area (Å²) in [5.41, 5.74) is 6.15. The number of hydrazine groups is 1. The van der Waals surface area contributed by atoms with Gasteiger partial charge in [0, 0.05) is 26.0 Å². The molecule has 11 nitrogen and oxygen atoms in total. The van der Waals surface area contributed by atoms with Gasteiger partial charge in [-0.05, 0) is 12.8 Å². The Morgan fingerprint density at radius 2 is 2.12 bits per heavy atom. The molecule has 5 N–H and O–H groups in total. The van der Waals surface area contributed by atoms with E-state index in [-0.39, 0.29) is 12.1 Å². The van der Waals surface area contributed by atoms with Crippen LogP contribution in [-0.4, -0.2) is 66.7 Å². The van der Waals surface area contributed by atoms with Gasteiger partial charge in [-0.2, -0.15) is 0 Å². The number of ether oxygens (including phenoxy) is 2. The van der Waals surface area contributed by atoms with Crippen LogP contribution in [0.4, 0.5) is 0 Å². The van der Waals surface area contributed by atoms with Crippen molar-refractivity contribution < 1.29 is 19.1 Å². The first kappa shape index (κ1) is 18.7. The lowest BCUT2D eigenvalue weighted by Gasteiger charge is -2.37. The number of esters is 1. The predicted octanol–water partition coefficient (Wildman–Crippen LogP) is -2.21. The maximum absolute atomic E-state index is 12.6. The lowest BCUT2D eigenvalue weighted by Crippen LogP contribution is -2.70. The Morgan fingerprint density at radius 1 is 1.27 bits per heavy atom. The molecule has 1 aromatic rings. The summed E-state index contributed by atoms with van der Waals surface area (Å²) in [7, 11) is 2.84. The van der Waals surface area contributed by atoms with Crippen molar-refractivity contribution in [3.63, 3.8) is 0 Å². The third kappa shape index (κ3) is 4.19. The largest absolute Gasteiger partial charge is 0.468 e. The second kappa shape index (κ2) is 8.56. The molecule has 0 aromatic carbocycles. The summed E-state index contributed by atoms with van der Waals surface area (Å²) in [5, 5.41) is 8.93. The molecule has 11 heteroatoms. The summed E-state index contributed by atoms with van der Waals surface area (Å²) >= 11 is 0. The molecule has 1 amide bonds. The van der Waals surface area contributed by atoms with Crippen LogP contribution in [0.1, 0.15) is 19.0 Å². The zero-order valence-electron chi connectivity index (χ0n) is 14.8. The van der Waals surface area contributed by atoms with Crippen LogP contribution < -0.4 is 26.8 Å². The molecule has 144 valence electrons. The number of nitrogens with zero attached hydrogens (tertiary/aromatic N) is 2. The third-order valence-corrected chi connectivity index (χ3v) is 4.63. The van der Waals surface area contributed by atoms with Crippen LogP contribution in [0.25, 0.3) is 0 Å². The summed E-state index contributed by atoms with van der Waals surface area (Å²) in [5.74, 6) is -0.631. The van der Waals surface area contributed by atoms with Gasteiger partial charge in [0.2, 0.25) is 5.91 Å². The first-order valence-corrected chi connectivity index (χ1v) is 8.51. The number of hydrogen-bond donors (Lipinski definition) is 5. The van der Waals surface area contributed by atoms with Crippen molar-refractivity contribution in [2.75, 3.05) is 20.8 Å². The fraction of sp³-hybridized carbons (Fsp3) is 0.667. The molecule has 0 saturated carbocycles. The van der Waals surface area contributed by atoms with Crippen molar-refractivity contribution in [2.45, 2.75) is 43.5 Å². The zero-order chi connectivity index (χ0) is 18.5. The van der Waals surface area contributed by atoms with Crippen molar-refractivity contribution in [2.24, 2.45) is 0 Å². The molecule has 2 saturated heterocycles. The minimum atomic E-state index is -0.689. The fourth-order valence-electron chi connectivity index (χ4n) is 3.16. The molecule has 0 spiro atoms. The van der Waals surface area contributed by atoms with E-state index in [1.165, 1.54) is 14.2 Å². The maximum atomic E-state index is 12.6. The number of imidazole rings is 1. The normalized spacial score (nSPS) is 32.0. The first-order valence-electron chi connectivity index (χ1n) is 8.51. The number of nitrogens with one attached hydrogen (secondary N) is 5. The maximum Gasteiger partial charge on any atom is 0.325 e. The van der Waals surface area contributed by atoms with Crippen LogP contribution in [0.5, 0.6) is 0 Å². The second-order valence-corrected chi connectivity index (χ2v) is 6.25. The van der Waals surface area contributed by atoms with E-state index in [0.717, 1.165) is 6.42 Å². The van der Waals surface area contributed by atoms with Crippen molar-refractivity contribution in [3.05, 3.63) is 18.7 Å². The number of hydrogen-bond acceptors (Lipinski definition) is 9. The highest BCUT2D eigenvalue weighted by molar-refractivity contribution is 5.84. The van der Waals surface area contributed by atoms with E-state index in [1.54, 1.807) is 12.5 Å². The zero-order valence-corrected chi connectivity index (χ0v) is 14.8. The van der Waals surface area contributed by atoms with Crippen LogP contribution in [0.15, 0.2) is 18.7 Å². The van der Waals surface area contributed by atoms with Gasteiger partial charge in [-0.15, -0.1) is 0 Å². The molecule has 3 rings (SSSR count). The molecule has 0 bridgehead atoms. The Labute approximate surface area is 151 Å². The molecule has 2 aliphatic rings. The average Bonchev–Trinajstić information content (AvgIpc) is 3.22. The molecule has 5 atom stereocenters. The van der Waals surface area contributed by atoms with Crippen molar-refractivity contribution in [1.82, 2.24) is 36.4 Å². The van der Waals surface area contributed by atoms with E-state index in [2.05, 4.69) is 31.8 Å². The van der Waals surface area contributed by atoms with Gasteiger partial charge in [-0.1, -0.05) is 0 Å². The van der Waals surface area contributed by atoms with Crippen molar-refractivity contribution in [3.8, 4) is 0 Å². The first-order chi connectivity index (χ1) is 12.6. The number of amides is 1. The molecule has 0 radical (unpaired) electrons. The lowest BCUT2D eigenvalue weighted by molar-refractivity contribution is -0.147. The van der Waals surface area contributed by atoms with Gasteiger partial charge < -0.3 is 19.4 Å². The minimum Gasteiger partial charge on any atom is -0.468 e. The van der Waals surface area contributed by atoms with Crippen LogP contribution in [0.3, 0.4) is 0 Å². The van der Waals surface area contributed by atoms with E-state index in [0.29, 0.717) is 13.0 Å². The highest BCUT2D eigenvalue weighted by Gasteiger charge is 2.38. The van der Waals surface area contributed by atoms with Gasteiger partial charge >= 0.3 is 5.97 Å². The van der Waals surface area contributed by atoms with Crippen molar-refractivity contribution >= 4 is 11.9 Å². The smallest absolute Gasteiger partial charge is 0.325 e. The molecular formula is C15H25N7O4. The Bertz CT molecular complexity index is 603. The number of methoxy groups -OCH3 is 2. The monoisotopic (exact) mass is 367 g/mol. The Hall–Kier alpha value is -2.05. The molecule has 1 aromatic heterocycles. The fourth-order valence-corrected chi connectivity index (χ4v) is 3.16. The second-order valence-electron chi connectivity index (χ2n) is 6.25. The quantitative estimate of drug-likeness (QED) is 0.368. The molecular weight excluding hydrogens is 342 g/mol. The SMILES string of the molecule is COC(=O)C1NC(OC)NCC1NC(=O)C1CCC(n2ccnc2)NN1. The third-order valence-electron chi connectivity index (χ3n) is 4.63. The van der Waals surface area contributed by atoms with Crippen molar-refractivity contribution in [1.29, 1.82) is 0 Å². The summed E-state index contributed by atoms with van der Waals surface area (Å²) in [6.07, 6.45) is 6.30. The van der Waals surface area contributed by atoms with Crippen LogP contribution in [0, 0.1) is 0 Å². The van der Waals surface area contributed by atoms with Crippen LogP contribution in [-0.2, 0) is 19.1 Å². The van der Waals surface area contributed by atoms with Gasteiger partial charge in [0.1, 0.15) is 12.1 Å². The summed E-state index contributed by atoms with van der Waals surface area (Å²) in [6, 6.07) is -1.53. The molecule has 5 unspecified atom stereocenters. The summed E-state index contributed by atoms with van der Waals surface area (Å²) in [4.78, 5) is 28.6. The Kier molecular flexibility index (Phi) is 6.16. The molecule has 3 heterocycles. The number of carbonyl (C=O) groups is 2. The average molecular weight is 367 g/mol. The number of rotatable bonds is 5. The van der Waals surface area contributed by atoms with Crippen LogP contribution >= 0.6 is 0 Å². The molecule has 26 heavy (non-hydrogen) atoms. The topological polar surface area (TPSA) is 131 Å². The van der Waals surface area contributed by atoms with Crippen LogP contribution in [0.2, 0.25) is 0 Å². The Balaban J connectivity index is 1.54. The van der Waals surface area contributed by atoms with Gasteiger partial charge in [0.25, 0.3) is 0 Å². The molecule has 0 aliphatic carbocycles. The van der Waals surface area contributed by atoms with E-state index in [1.807, 2.05) is 10.8 Å². The molecule has 2 fully saturated rings.